The van der Waals surface area contributed by atoms with Crippen molar-refractivity contribution in [2.75, 3.05) is 7.05 Å². The highest BCUT2D eigenvalue weighted by molar-refractivity contribution is 5.25. The van der Waals surface area contributed by atoms with E-state index in [9.17, 15) is 0 Å². The van der Waals surface area contributed by atoms with Gasteiger partial charge in [-0.05, 0) is 36.9 Å². The highest BCUT2D eigenvalue weighted by atomic mass is 14.9. The van der Waals surface area contributed by atoms with Crippen LogP contribution in [0.4, 0.5) is 0 Å². The van der Waals surface area contributed by atoms with E-state index in [0.717, 1.165) is 5.92 Å². The number of aryl methyl sites for hydroxylation is 1. The van der Waals surface area contributed by atoms with Crippen molar-refractivity contribution in [1.82, 2.24) is 5.32 Å². The molecule has 0 aliphatic rings. The van der Waals surface area contributed by atoms with E-state index in [1.165, 1.54) is 36.8 Å². The Balaban J connectivity index is 2.68. The molecule has 1 N–H and O–H groups in total. The largest absolute Gasteiger partial charge is 0.313 e. The molecule has 0 aliphatic heterocycles. The Hall–Kier alpha value is -0.820. The molecule has 0 radical (unpaired) electrons. The zero-order chi connectivity index (χ0) is 12.7. The second-order valence-corrected chi connectivity index (χ2v) is 5.08. The summed E-state index contributed by atoms with van der Waals surface area (Å²) >= 11 is 0. The average Bonchev–Trinajstić information content (AvgIpc) is 2.37. The van der Waals surface area contributed by atoms with Gasteiger partial charge in [0.15, 0.2) is 0 Å². The van der Waals surface area contributed by atoms with Gasteiger partial charge in [0.05, 0.1) is 0 Å². The van der Waals surface area contributed by atoms with Gasteiger partial charge >= 0.3 is 0 Å². The molecule has 0 saturated carbocycles. The summed E-state index contributed by atoms with van der Waals surface area (Å²) in [6, 6.07) is 9.63. The Labute approximate surface area is 107 Å². The minimum absolute atomic E-state index is 0.501. The van der Waals surface area contributed by atoms with Crippen LogP contribution in [0.15, 0.2) is 24.3 Å². The molecule has 2 unspecified atom stereocenters. The van der Waals surface area contributed by atoms with Crippen molar-refractivity contribution in [3.05, 3.63) is 35.4 Å². The fourth-order valence-corrected chi connectivity index (χ4v) is 2.19. The maximum Gasteiger partial charge on any atom is 0.0320 e. The fourth-order valence-electron chi connectivity index (χ4n) is 2.19. The van der Waals surface area contributed by atoms with Crippen molar-refractivity contribution in [2.45, 2.75) is 52.5 Å². The Bertz CT molecular complexity index is 302. The lowest BCUT2D eigenvalue weighted by Crippen LogP contribution is -2.18. The van der Waals surface area contributed by atoms with E-state index >= 15 is 0 Å². The van der Waals surface area contributed by atoms with Crippen LogP contribution in [-0.2, 0) is 6.42 Å². The summed E-state index contributed by atoms with van der Waals surface area (Å²) in [5.41, 5.74) is 2.88. The van der Waals surface area contributed by atoms with Gasteiger partial charge in [0.2, 0.25) is 0 Å². The first kappa shape index (κ1) is 14.2. The van der Waals surface area contributed by atoms with Crippen LogP contribution >= 0.6 is 0 Å². The summed E-state index contributed by atoms with van der Waals surface area (Å²) in [6.45, 7) is 6.82. The van der Waals surface area contributed by atoms with Crippen LogP contribution in [0.25, 0.3) is 0 Å². The molecule has 2 atom stereocenters. The van der Waals surface area contributed by atoms with Gasteiger partial charge in [-0.3, -0.25) is 0 Å². The van der Waals surface area contributed by atoms with Gasteiger partial charge in [0.25, 0.3) is 0 Å². The third kappa shape index (κ3) is 4.51. The van der Waals surface area contributed by atoms with Crippen LogP contribution < -0.4 is 5.32 Å². The second kappa shape index (κ2) is 7.50. The van der Waals surface area contributed by atoms with Gasteiger partial charge < -0.3 is 5.32 Å². The molecule has 1 aromatic rings. The Morgan fingerprint density at radius 3 is 2.24 bits per heavy atom. The summed E-state index contributed by atoms with van der Waals surface area (Å²) in [6.07, 6.45) is 4.89. The summed E-state index contributed by atoms with van der Waals surface area (Å²) in [4.78, 5) is 0. The Kier molecular flexibility index (Phi) is 6.28. The minimum Gasteiger partial charge on any atom is -0.313 e. The molecule has 96 valence electrons. The van der Waals surface area contributed by atoms with E-state index in [2.05, 4.69) is 57.4 Å². The zero-order valence-corrected chi connectivity index (χ0v) is 11.8. The quantitative estimate of drug-likeness (QED) is 0.739. The van der Waals surface area contributed by atoms with Gasteiger partial charge in [-0.25, -0.2) is 0 Å². The third-order valence-corrected chi connectivity index (χ3v) is 3.60. The molecule has 0 spiro atoms. The molecule has 0 bridgehead atoms. The van der Waals surface area contributed by atoms with Crippen LogP contribution in [0.2, 0.25) is 0 Å². The molecule has 0 saturated heterocycles. The molecule has 1 heteroatoms. The van der Waals surface area contributed by atoms with Crippen molar-refractivity contribution in [3.63, 3.8) is 0 Å². The van der Waals surface area contributed by atoms with Gasteiger partial charge in [-0.1, -0.05) is 57.9 Å². The van der Waals surface area contributed by atoms with Crippen LogP contribution in [0.1, 0.15) is 57.2 Å². The Morgan fingerprint density at radius 1 is 1.12 bits per heavy atom. The van der Waals surface area contributed by atoms with Crippen LogP contribution in [0.5, 0.6) is 0 Å². The molecular formula is C16H27N. The van der Waals surface area contributed by atoms with Crippen LogP contribution in [0, 0.1) is 5.92 Å². The molecule has 1 rings (SSSR count). The van der Waals surface area contributed by atoms with Gasteiger partial charge in [0.1, 0.15) is 0 Å². The lowest BCUT2D eigenvalue weighted by Gasteiger charge is -2.20. The molecule has 0 fully saturated rings. The van der Waals surface area contributed by atoms with Crippen molar-refractivity contribution in [3.8, 4) is 0 Å². The first-order chi connectivity index (χ1) is 8.21. The van der Waals surface area contributed by atoms with Crippen molar-refractivity contribution in [2.24, 2.45) is 5.92 Å². The molecule has 0 heterocycles. The predicted octanol–water partition coefficient (Wildman–Crippen LogP) is 4.34. The molecule has 0 amide bonds. The third-order valence-electron chi connectivity index (χ3n) is 3.60. The molecule has 17 heavy (non-hydrogen) atoms. The van der Waals surface area contributed by atoms with Crippen molar-refractivity contribution >= 4 is 0 Å². The normalized spacial score (nSPS) is 14.6. The highest BCUT2D eigenvalue weighted by Gasteiger charge is 2.12. The van der Waals surface area contributed by atoms with Crippen LogP contribution in [0.3, 0.4) is 0 Å². The SMILES string of the molecule is CCCc1ccc(C(CC(C)CC)NC)cc1. The number of rotatable bonds is 7. The van der Waals surface area contributed by atoms with Gasteiger partial charge in [0, 0.05) is 6.04 Å². The maximum atomic E-state index is 3.44. The molecule has 0 aromatic heterocycles. The van der Waals surface area contributed by atoms with E-state index < -0.39 is 0 Å². The molecular weight excluding hydrogens is 206 g/mol. The lowest BCUT2D eigenvalue weighted by molar-refractivity contribution is 0.422. The second-order valence-electron chi connectivity index (χ2n) is 5.08. The smallest absolute Gasteiger partial charge is 0.0320 e. The summed E-state index contributed by atoms with van der Waals surface area (Å²) in [5, 5.41) is 3.44. The van der Waals surface area contributed by atoms with E-state index in [1.807, 2.05) is 0 Å². The first-order valence-electron chi connectivity index (χ1n) is 6.97. The molecule has 1 nitrogen and oxygen atoms in total. The topological polar surface area (TPSA) is 12.0 Å². The van der Waals surface area contributed by atoms with Gasteiger partial charge in [-0.2, -0.15) is 0 Å². The van der Waals surface area contributed by atoms with Gasteiger partial charge in [-0.15, -0.1) is 0 Å². The number of benzene rings is 1. The predicted molar refractivity (Wildman–Crippen MR) is 76.3 cm³/mol. The number of nitrogens with one attached hydrogen (secondary N) is 1. The van der Waals surface area contributed by atoms with Crippen LogP contribution in [-0.4, -0.2) is 7.05 Å². The van der Waals surface area contributed by atoms with E-state index in [1.54, 1.807) is 0 Å². The van der Waals surface area contributed by atoms with Crippen molar-refractivity contribution in [1.29, 1.82) is 0 Å². The molecule has 0 aliphatic carbocycles. The monoisotopic (exact) mass is 233 g/mol. The fraction of sp³-hybridized carbons (Fsp3) is 0.625. The standard InChI is InChI=1S/C16H27N/c1-5-7-14-8-10-15(11-9-14)16(17-4)12-13(3)6-2/h8-11,13,16-17H,5-7,12H2,1-4H3. The average molecular weight is 233 g/mol. The van der Waals surface area contributed by atoms with E-state index in [0.29, 0.717) is 6.04 Å². The maximum absolute atomic E-state index is 3.44. The minimum atomic E-state index is 0.501. The summed E-state index contributed by atoms with van der Waals surface area (Å²) < 4.78 is 0. The number of hydrogen-bond acceptors (Lipinski definition) is 1. The van der Waals surface area contributed by atoms with E-state index in [4.69, 9.17) is 0 Å². The first-order valence-corrected chi connectivity index (χ1v) is 6.97. The zero-order valence-electron chi connectivity index (χ0n) is 11.8. The van der Waals surface area contributed by atoms with E-state index in [-0.39, 0.29) is 0 Å². The lowest BCUT2D eigenvalue weighted by atomic mass is 9.93. The summed E-state index contributed by atoms with van der Waals surface area (Å²) in [7, 11) is 2.06. The number of hydrogen-bond donors (Lipinski definition) is 1. The molecule has 1 aromatic carbocycles. The van der Waals surface area contributed by atoms with Crippen molar-refractivity contribution < 1.29 is 0 Å². The summed E-state index contributed by atoms with van der Waals surface area (Å²) in [5.74, 6) is 0.780. The Morgan fingerprint density at radius 2 is 1.76 bits per heavy atom. The highest BCUT2D eigenvalue weighted by Crippen LogP contribution is 2.23.